The van der Waals surface area contributed by atoms with Crippen LogP contribution < -0.4 is 10.6 Å². The van der Waals surface area contributed by atoms with Crippen LogP contribution in [0.3, 0.4) is 0 Å². The lowest BCUT2D eigenvalue weighted by molar-refractivity contribution is -0.0841. The Morgan fingerprint density at radius 1 is 0.478 bits per heavy atom. The molecule has 46 heavy (non-hydrogen) atoms. The zero-order valence-electron chi connectivity index (χ0n) is 30.0. The van der Waals surface area contributed by atoms with Crippen LogP contribution in [0.2, 0.25) is 0 Å². The van der Waals surface area contributed by atoms with E-state index in [0.717, 1.165) is 38.9 Å². The molecule has 0 bridgehead atoms. The Balaban J connectivity index is 4.13. The Morgan fingerprint density at radius 3 is 1.30 bits per heavy atom. The summed E-state index contributed by atoms with van der Waals surface area (Å²) in [6.45, 7) is 20.3. The molecule has 0 saturated carbocycles. The number of aliphatic hydroxyl groups excluding tert-OH is 4. The van der Waals surface area contributed by atoms with Crippen LogP contribution in [0, 0.1) is 0 Å². The van der Waals surface area contributed by atoms with Crippen LogP contribution in [-0.2, 0) is 28.4 Å². The summed E-state index contributed by atoms with van der Waals surface area (Å²) in [5.41, 5.74) is 0. The highest BCUT2D eigenvalue weighted by Gasteiger charge is 2.18. The van der Waals surface area contributed by atoms with Crippen LogP contribution in [0.15, 0.2) is 0 Å². The van der Waals surface area contributed by atoms with Gasteiger partial charge in [0, 0.05) is 26.2 Å². The van der Waals surface area contributed by atoms with Gasteiger partial charge in [-0.25, -0.2) is 0 Å². The lowest BCUT2D eigenvalue weighted by Crippen LogP contribution is -2.42. The van der Waals surface area contributed by atoms with Gasteiger partial charge < -0.3 is 59.5 Å². The van der Waals surface area contributed by atoms with Crippen LogP contribution >= 0.6 is 0 Å². The van der Waals surface area contributed by atoms with Crippen molar-refractivity contribution in [3.63, 3.8) is 0 Å². The molecule has 0 radical (unpaired) electrons. The summed E-state index contributed by atoms with van der Waals surface area (Å²) in [4.78, 5) is 2.01. The molecule has 0 aliphatic carbocycles. The molecule has 0 saturated heterocycles. The normalized spacial score (nSPS) is 17.5. The molecule has 0 amide bonds. The van der Waals surface area contributed by atoms with E-state index in [2.05, 4.69) is 31.4 Å². The molecule has 6 N–H and O–H groups in total. The first-order valence-corrected chi connectivity index (χ1v) is 17.5. The third-order valence-corrected chi connectivity index (χ3v) is 6.79. The number of ether oxygens (including phenoxy) is 6. The quantitative estimate of drug-likeness (QED) is 0.0534. The largest absolute Gasteiger partial charge is 0.389 e. The molecule has 0 rings (SSSR count). The van der Waals surface area contributed by atoms with Gasteiger partial charge in [-0.1, -0.05) is 20.8 Å². The fourth-order valence-electron chi connectivity index (χ4n) is 4.37. The number of hydrogen-bond acceptors (Lipinski definition) is 13. The molecule has 13 heteroatoms. The molecule has 0 aliphatic heterocycles. The lowest BCUT2D eigenvalue weighted by Gasteiger charge is -2.27. The van der Waals surface area contributed by atoms with E-state index in [4.69, 9.17) is 28.4 Å². The molecule has 0 aromatic heterocycles. The van der Waals surface area contributed by atoms with Crippen molar-refractivity contribution in [1.29, 1.82) is 0 Å². The van der Waals surface area contributed by atoms with Gasteiger partial charge in [0.05, 0.1) is 102 Å². The van der Waals surface area contributed by atoms with Crippen LogP contribution in [0.25, 0.3) is 0 Å². The topological polar surface area (TPSA) is 164 Å². The summed E-state index contributed by atoms with van der Waals surface area (Å²) < 4.78 is 34.3. The minimum atomic E-state index is -0.711. The molecule has 0 heterocycles. The first-order chi connectivity index (χ1) is 22.0. The van der Waals surface area contributed by atoms with Crippen LogP contribution in [0.5, 0.6) is 0 Å². The van der Waals surface area contributed by atoms with Gasteiger partial charge in [-0.2, -0.15) is 0 Å². The highest BCUT2D eigenvalue weighted by atomic mass is 16.6. The van der Waals surface area contributed by atoms with Crippen molar-refractivity contribution in [1.82, 2.24) is 15.5 Å². The fraction of sp³-hybridized carbons (Fsp3) is 1.00. The zero-order chi connectivity index (χ0) is 34.6. The summed E-state index contributed by atoms with van der Waals surface area (Å²) in [5, 5.41) is 47.3. The maximum atomic E-state index is 10.6. The van der Waals surface area contributed by atoms with Crippen molar-refractivity contribution in [2.45, 2.75) is 117 Å². The Hall–Kier alpha value is -0.520. The molecule has 278 valence electrons. The van der Waals surface area contributed by atoms with E-state index in [1.165, 1.54) is 0 Å². The third-order valence-electron chi connectivity index (χ3n) is 6.79. The molecule has 13 nitrogen and oxygen atoms in total. The van der Waals surface area contributed by atoms with Gasteiger partial charge in [-0.3, -0.25) is 4.90 Å². The molecule has 8 atom stereocenters. The van der Waals surface area contributed by atoms with Gasteiger partial charge in [0.25, 0.3) is 0 Å². The molecule has 0 aliphatic rings. The molecule has 0 aromatic rings. The molecule has 0 aromatic carbocycles. The smallest absolute Gasteiger partial charge is 0.0900 e. The van der Waals surface area contributed by atoms with Gasteiger partial charge >= 0.3 is 0 Å². The summed E-state index contributed by atoms with van der Waals surface area (Å²) in [7, 11) is 0. The Morgan fingerprint density at radius 2 is 0.848 bits per heavy atom. The van der Waals surface area contributed by atoms with E-state index >= 15 is 0 Å². The molecular formula is C33H71N3O10. The highest BCUT2D eigenvalue weighted by Crippen LogP contribution is 2.04. The number of aliphatic hydroxyl groups is 4. The lowest BCUT2D eigenvalue weighted by atomic mass is 10.2. The van der Waals surface area contributed by atoms with E-state index in [9.17, 15) is 20.4 Å². The Labute approximate surface area is 279 Å². The Bertz CT molecular complexity index is 657. The van der Waals surface area contributed by atoms with Crippen molar-refractivity contribution in [2.24, 2.45) is 0 Å². The maximum Gasteiger partial charge on any atom is 0.0900 e. The van der Waals surface area contributed by atoms with Crippen molar-refractivity contribution in [2.75, 3.05) is 98.7 Å². The minimum absolute atomic E-state index is 0.148. The van der Waals surface area contributed by atoms with Crippen molar-refractivity contribution in [3.8, 4) is 0 Å². The number of nitrogens with one attached hydrogen (secondary N) is 2. The van der Waals surface area contributed by atoms with Gasteiger partial charge in [0.1, 0.15) is 0 Å². The van der Waals surface area contributed by atoms with Gasteiger partial charge in [0.2, 0.25) is 0 Å². The second kappa shape index (κ2) is 30.5. The predicted octanol–water partition coefficient (Wildman–Crippen LogP) is 0.795. The number of nitrogens with zero attached hydrogens (tertiary/aromatic N) is 1. The predicted molar refractivity (Wildman–Crippen MR) is 180 cm³/mol. The first kappa shape index (κ1) is 45.5. The van der Waals surface area contributed by atoms with Crippen LogP contribution in [-0.4, -0.2) is 173 Å². The van der Waals surface area contributed by atoms with Crippen molar-refractivity contribution >= 4 is 0 Å². The second-order valence-corrected chi connectivity index (χ2v) is 12.4. The summed E-state index contributed by atoms with van der Waals surface area (Å²) in [6, 6.07) is 0. The van der Waals surface area contributed by atoms with Gasteiger partial charge in [-0.15, -0.1) is 0 Å². The van der Waals surface area contributed by atoms with Crippen molar-refractivity contribution in [3.05, 3.63) is 0 Å². The average Bonchev–Trinajstić information content (AvgIpc) is 3.01. The van der Waals surface area contributed by atoms with E-state index in [1.807, 2.05) is 32.6 Å². The maximum absolute atomic E-state index is 10.6. The van der Waals surface area contributed by atoms with E-state index in [1.54, 1.807) is 0 Å². The number of hydrogen-bond donors (Lipinski definition) is 6. The average molecular weight is 670 g/mol. The highest BCUT2D eigenvalue weighted by molar-refractivity contribution is 4.70. The van der Waals surface area contributed by atoms with E-state index in [-0.39, 0.29) is 50.8 Å². The molecule has 0 spiro atoms. The summed E-state index contributed by atoms with van der Waals surface area (Å²) >= 11 is 0. The summed E-state index contributed by atoms with van der Waals surface area (Å²) in [5.74, 6) is 0. The van der Waals surface area contributed by atoms with Gasteiger partial charge in [-0.05, 0) is 66.6 Å². The first-order valence-electron chi connectivity index (χ1n) is 17.5. The SMILES string of the molecule is CCCNCC(O)COCC(C)OCC(C)OCC(O)CN(CCC)CC(O)COCC(C)OCC(C)OCC(O)CNCCC. The molecular weight excluding hydrogens is 598 g/mol. The standard InChI is InChI=1S/C33H71N3O10/c1-8-11-34-14-30(37)22-41-18-26(4)44-21-29(7)46-25-33(40)17-36(13-10-3)16-32(39)23-42-19-27(5)43-20-28(6)45-24-31(38)15-35-12-9-2/h26-35,37-40H,8-25H2,1-7H3. The second-order valence-electron chi connectivity index (χ2n) is 12.4. The van der Waals surface area contributed by atoms with E-state index < -0.39 is 24.4 Å². The molecule has 0 fully saturated rings. The zero-order valence-corrected chi connectivity index (χ0v) is 30.0. The van der Waals surface area contributed by atoms with Gasteiger partial charge in [0.15, 0.2) is 0 Å². The Kier molecular flexibility index (Phi) is 30.2. The minimum Gasteiger partial charge on any atom is -0.389 e. The number of rotatable bonds is 34. The fourth-order valence-corrected chi connectivity index (χ4v) is 4.37. The third kappa shape index (κ3) is 28.5. The van der Waals surface area contributed by atoms with Crippen LogP contribution in [0.4, 0.5) is 0 Å². The van der Waals surface area contributed by atoms with Crippen LogP contribution in [0.1, 0.15) is 67.7 Å². The van der Waals surface area contributed by atoms with E-state index in [0.29, 0.717) is 52.6 Å². The van der Waals surface area contributed by atoms with Crippen molar-refractivity contribution < 1.29 is 48.8 Å². The monoisotopic (exact) mass is 670 g/mol. The molecule has 8 unspecified atom stereocenters. The summed E-state index contributed by atoms with van der Waals surface area (Å²) in [6.07, 6.45) is -0.280.